The Labute approximate surface area is 245 Å². The van der Waals surface area contributed by atoms with Gasteiger partial charge in [0.2, 0.25) is 0 Å². The molecular weight excluding hydrogens is 520 g/mol. The second-order valence-corrected chi connectivity index (χ2v) is 10.9. The molecule has 0 N–H and O–H groups in total. The second kappa shape index (κ2) is 11.4. The van der Waals surface area contributed by atoms with Crippen molar-refractivity contribution in [3.05, 3.63) is 148 Å². The van der Waals surface area contributed by atoms with Gasteiger partial charge < -0.3 is 0 Å². The molecule has 1 aliphatic rings. The Hall–Kier alpha value is -5.10. The van der Waals surface area contributed by atoms with Crippen LogP contribution >= 0.6 is 0 Å². The van der Waals surface area contributed by atoms with Crippen molar-refractivity contribution in [2.75, 3.05) is 0 Å². The van der Waals surface area contributed by atoms with Gasteiger partial charge in [0.15, 0.2) is 5.78 Å². The Morgan fingerprint density at radius 1 is 0.786 bits per heavy atom. The van der Waals surface area contributed by atoms with Crippen molar-refractivity contribution in [2.45, 2.75) is 39.8 Å². The second-order valence-electron chi connectivity index (χ2n) is 10.9. The van der Waals surface area contributed by atoms with Gasteiger partial charge in [-0.1, -0.05) is 102 Å². The first-order valence-corrected chi connectivity index (χ1v) is 14.1. The van der Waals surface area contributed by atoms with Crippen LogP contribution in [-0.2, 0) is 6.54 Å². The molecule has 0 bridgehead atoms. The molecule has 0 fully saturated rings. The number of carbonyl (C=O) groups excluding carboxylic acids is 2. The van der Waals surface area contributed by atoms with Crippen molar-refractivity contribution in [3.63, 3.8) is 0 Å². The molecule has 2 heterocycles. The Balaban J connectivity index is 1.46. The summed E-state index contributed by atoms with van der Waals surface area (Å²) in [6.45, 7) is 6.22. The number of carbonyl (C=O) groups is 2. The zero-order valence-electron chi connectivity index (χ0n) is 24.0. The average molecular weight is 553 g/mol. The zero-order valence-corrected chi connectivity index (χ0v) is 24.0. The minimum Gasteiger partial charge on any atom is -0.295 e. The first-order chi connectivity index (χ1) is 20.4. The summed E-state index contributed by atoms with van der Waals surface area (Å²) < 4.78 is 1.95. The van der Waals surface area contributed by atoms with Gasteiger partial charge in [-0.15, -0.1) is 0 Å². The number of hydrazone groups is 1. The molecule has 208 valence electrons. The van der Waals surface area contributed by atoms with Crippen LogP contribution in [0.1, 0.15) is 67.9 Å². The lowest BCUT2D eigenvalue weighted by atomic mass is 9.95. The number of hydrogen-bond donors (Lipinski definition) is 0. The van der Waals surface area contributed by atoms with E-state index >= 15 is 0 Å². The van der Waals surface area contributed by atoms with Crippen LogP contribution in [0, 0.1) is 13.8 Å². The molecule has 6 rings (SSSR count). The summed E-state index contributed by atoms with van der Waals surface area (Å²) in [6, 6.07) is 33.2. The maximum absolute atomic E-state index is 14.1. The maximum Gasteiger partial charge on any atom is 0.274 e. The number of Topliss-reactive ketones (excluding diaryl/α,β-unsaturated/α-hetero) is 1. The van der Waals surface area contributed by atoms with Crippen LogP contribution in [0.25, 0.3) is 11.3 Å². The summed E-state index contributed by atoms with van der Waals surface area (Å²) in [5.41, 5.74) is 8.93. The van der Waals surface area contributed by atoms with Crippen LogP contribution in [0.5, 0.6) is 0 Å². The van der Waals surface area contributed by atoms with E-state index in [0.29, 0.717) is 24.1 Å². The maximum atomic E-state index is 14.1. The molecule has 0 aliphatic carbocycles. The molecule has 1 aliphatic heterocycles. The molecule has 4 aromatic carbocycles. The van der Waals surface area contributed by atoms with E-state index < -0.39 is 0 Å². The number of hydrogen-bond acceptors (Lipinski definition) is 4. The molecule has 6 heteroatoms. The fourth-order valence-corrected chi connectivity index (χ4v) is 5.33. The minimum atomic E-state index is -0.379. The monoisotopic (exact) mass is 552 g/mol. The Kier molecular flexibility index (Phi) is 7.36. The molecule has 0 saturated heterocycles. The summed E-state index contributed by atoms with van der Waals surface area (Å²) in [4.78, 5) is 26.2. The van der Waals surface area contributed by atoms with Crippen molar-refractivity contribution in [3.8, 4) is 11.3 Å². The minimum absolute atomic E-state index is 0.0877. The SMILES string of the molecule is CC(=O)c1cccc(C(=O)N2N=C(c3ccc(C)cc3)CC2c2cn(Cc3ccccc3)nc2-c2ccc(C)cc2)c1. The Bertz CT molecular complexity index is 1780. The van der Waals surface area contributed by atoms with E-state index in [1.165, 1.54) is 6.92 Å². The summed E-state index contributed by atoms with van der Waals surface area (Å²) in [6.07, 6.45) is 2.59. The van der Waals surface area contributed by atoms with Gasteiger partial charge in [0.1, 0.15) is 0 Å². The van der Waals surface area contributed by atoms with Gasteiger partial charge in [0.05, 0.1) is 24.0 Å². The first kappa shape index (κ1) is 27.1. The molecule has 6 nitrogen and oxygen atoms in total. The van der Waals surface area contributed by atoms with Gasteiger partial charge in [-0.3, -0.25) is 14.3 Å². The van der Waals surface area contributed by atoms with E-state index in [9.17, 15) is 9.59 Å². The largest absolute Gasteiger partial charge is 0.295 e. The van der Waals surface area contributed by atoms with Gasteiger partial charge in [-0.2, -0.15) is 10.2 Å². The summed E-state index contributed by atoms with van der Waals surface area (Å²) in [5.74, 6) is -0.341. The fraction of sp³-hybridized carbons (Fsp3) is 0.167. The standard InChI is InChI=1S/C36H32N4O2/c1-24-12-16-28(17-13-24)33-21-34(40(37-33)36(42)31-11-7-10-30(20-31)26(3)41)32-23-39(22-27-8-5-4-6-9-27)38-35(32)29-18-14-25(2)15-19-29/h4-20,23,34H,21-22H2,1-3H3. The summed E-state index contributed by atoms with van der Waals surface area (Å²) in [7, 11) is 0. The molecule has 0 radical (unpaired) electrons. The third-order valence-corrected chi connectivity index (χ3v) is 7.68. The van der Waals surface area contributed by atoms with E-state index in [-0.39, 0.29) is 17.7 Å². The Morgan fingerprint density at radius 3 is 2.10 bits per heavy atom. The Morgan fingerprint density at radius 2 is 1.43 bits per heavy atom. The summed E-state index contributed by atoms with van der Waals surface area (Å²) >= 11 is 0. The predicted molar refractivity (Wildman–Crippen MR) is 166 cm³/mol. The van der Waals surface area contributed by atoms with Crippen molar-refractivity contribution < 1.29 is 9.59 Å². The molecule has 1 atom stereocenters. The van der Waals surface area contributed by atoms with Crippen molar-refractivity contribution in [1.82, 2.24) is 14.8 Å². The molecule has 0 spiro atoms. The fourth-order valence-electron chi connectivity index (χ4n) is 5.33. The van der Waals surface area contributed by atoms with E-state index in [1.54, 1.807) is 29.3 Å². The summed E-state index contributed by atoms with van der Waals surface area (Å²) in [5, 5.41) is 11.5. The van der Waals surface area contributed by atoms with Crippen molar-refractivity contribution in [2.24, 2.45) is 5.10 Å². The topological polar surface area (TPSA) is 67.6 Å². The van der Waals surface area contributed by atoms with E-state index in [0.717, 1.165) is 44.8 Å². The first-order valence-electron chi connectivity index (χ1n) is 14.1. The lowest BCUT2D eigenvalue weighted by molar-refractivity contribution is 0.0711. The number of benzene rings is 4. The predicted octanol–water partition coefficient (Wildman–Crippen LogP) is 7.41. The highest BCUT2D eigenvalue weighted by atomic mass is 16.2. The molecule has 1 aromatic heterocycles. The van der Waals surface area contributed by atoms with Gasteiger partial charge in [0.25, 0.3) is 5.91 Å². The van der Waals surface area contributed by atoms with E-state index in [4.69, 9.17) is 10.2 Å². The van der Waals surface area contributed by atoms with Crippen LogP contribution < -0.4 is 0 Å². The highest BCUT2D eigenvalue weighted by Gasteiger charge is 2.36. The van der Waals surface area contributed by atoms with Crippen molar-refractivity contribution >= 4 is 17.4 Å². The van der Waals surface area contributed by atoms with Gasteiger partial charge in [-0.05, 0) is 44.0 Å². The van der Waals surface area contributed by atoms with Crippen LogP contribution in [0.4, 0.5) is 0 Å². The van der Waals surface area contributed by atoms with E-state index in [2.05, 4.69) is 74.5 Å². The van der Waals surface area contributed by atoms with E-state index in [1.807, 2.05) is 29.1 Å². The van der Waals surface area contributed by atoms with Gasteiger partial charge in [0, 0.05) is 34.9 Å². The van der Waals surface area contributed by atoms with Gasteiger partial charge >= 0.3 is 0 Å². The molecule has 5 aromatic rings. The van der Waals surface area contributed by atoms with Gasteiger partial charge in [-0.25, -0.2) is 5.01 Å². The smallest absolute Gasteiger partial charge is 0.274 e. The normalized spacial score (nSPS) is 14.6. The number of ketones is 1. The molecule has 1 unspecified atom stereocenters. The lowest BCUT2D eigenvalue weighted by Gasteiger charge is -2.22. The third kappa shape index (κ3) is 5.56. The average Bonchev–Trinajstić information content (AvgIpc) is 3.63. The molecule has 0 saturated carbocycles. The highest BCUT2D eigenvalue weighted by Crippen LogP contribution is 2.39. The lowest BCUT2D eigenvalue weighted by Crippen LogP contribution is -2.27. The number of aryl methyl sites for hydroxylation is 2. The highest BCUT2D eigenvalue weighted by molar-refractivity contribution is 6.06. The number of rotatable bonds is 7. The zero-order chi connectivity index (χ0) is 29.2. The van der Waals surface area contributed by atoms with Crippen molar-refractivity contribution in [1.29, 1.82) is 0 Å². The van der Waals surface area contributed by atoms with Crippen LogP contribution in [0.15, 0.2) is 114 Å². The number of aromatic nitrogens is 2. The molecule has 42 heavy (non-hydrogen) atoms. The number of nitrogens with zero attached hydrogens (tertiary/aromatic N) is 4. The van der Waals surface area contributed by atoms with Crippen LogP contribution in [0.3, 0.4) is 0 Å². The third-order valence-electron chi connectivity index (χ3n) is 7.68. The molecule has 1 amide bonds. The molecular formula is C36H32N4O2. The quantitative estimate of drug-likeness (QED) is 0.198. The van der Waals surface area contributed by atoms with Crippen LogP contribution in [-0.4, -0.2) is 32.2 Å². The number of amides is 1. The van der Waals surface area contributed by atoms with Crippen LogP contribution in [0.2, 0.25) is 0 Å².